The van der Waals surface area contributed by atoms with Crippen molar-refractivity contribution in [2.75, 3.05) is 13.7 Å². The van der Waals surface area contributed by atoms with Crippen molar-refractivity contribution in [2.24, 2.45) is 0 Å². The van der Waals surface area contributed by atoms with Gasteiger partial charge in [0.05, 0.1) is 0 Å². The lowest BCUT2D eigenvalue weighted by Gasteiger charge is -2.28. The Kier molecular flexibility index (Phi) is 4.17. The molecule has 2 N–H and O–H groups in total. The maximum atomic E-state index is 11.5. The predicted octanol–water partition coefficient (Wildman–Crippen LogP) is -1.20. The maximum Gasteiger partial charge on any atom is 0.302 e. The second kappa shape index (κ2) is 5.20. The first-order chi connectivity index (χ1) is 7.47. The van der Waals surface area contributed by atoms with Gasteiger partial charge in [-0.2, -0.15) is 0 Å². The van der Waals surface area contributed by atoms with E-state index >= 15 is 0 Å². The van der Waals surface area contributed by atoms with Gasteiger partial charge in [-0.3, -0.25) is 9.59 Å². The molecule has 1 aliphatic rings. The number of carbonyl (C=O) groups is 2. The summed E-state index contributed by atoms with van der Waals surface area (Å²) in [4.78, 5) is 22.1. The lowest BCUT2D eigenvalue weighted by molar-refractivity contribution is -0.142. The number of ketones is 1. The predicted molar refractivity (Wildman–Crippen MR) is 52.5 cm³/mol. The largest absolute Gasteiger partial charge is 0.461 e. The molecule has 0 aromatic rings. The van der Waals surface area contributed by atoms with Gasteiger partial charge in [-0.25, -0.2) is 0 Å². The van der Waals surface area contributed by atoms with E-state index in [2.05, 4.69) is 4.74 Å². The molecule has 0 heterocycles. The number of esters is 1. The van der Waals surface area contributed by atoms with Gasteiger partial charge in [0.25, 0.3) is 0 Å². The highest BCUT2D eigenvalue weighted by Crippen LogP contribution is 2.18. The van der Waals surface area contributed by atoms with E-state index < -0.39 is 30.1 Å². The average molecular weight is 230 g/mol. The first-order valence-electron chi connectivity index (χ1n) is 4.74. The average Bonchev–Trinajstić information content (AvgIpc) is 2.25. The van der Waals surface area contributed by atoms with Crippen LogP contribution in [0.15, 0.2) is 11.6 Å². The number of Topliss-reactive ketones (excluding diaryl/α,β-unsaturated/α-hetero) is 1. The Balaban J connectivity index is 2.81. The molecule has 0 aromatic carbocycles. The minimum Gasteiger partial charge on any atom is -0.461 e. The quantitative estimate of drug-likeness (QED) is 0.591. The maximum absolute atomic E-state index is 11.5. The molecule has 90 valence electrons. The van der Waals surface area contributed by atoms with Gasteiger partial charge < -0.3 is 19.7 Å². The molecule has 6 nitrogen and oxygen atoms in total. The molecule has 0 bridgehead atoms. The minimum absolute atomic E-state index is 0.125. The number of carbonyl (C=O) groups excluding carboxylic acids is 2. The molecule has 1 rings (SSSR count). The third-order valence-electron chi connectivity index (χ3n) is 2.31. The second-order valence-corrected chi connectivity index (χ2v) is 3.47. The van der Waals surface area contributed by atoms with Crippen LogP contribution in [0.3, 0.4) is 0 Å². The zero-order valence-electron chi connectivity index (χ0n) is 9.04. The molecule has 0 spiro atoms. The molecule has 16 heavy (non-hydrogen) atoms. The van der Waals surface area contributed by atoms with Gasteiger partial charge in [0, 0.05) is 19.6 Å². The van der Waals surface area contributed by atoms with Gasteiger partial charge in [0.15, 0.2) is 5.78 Å². The zero-order chi connectivity index (χ0) is 12.3. The van der Waals surface area contributed by atoms with E-state index in [1.165, 1.54) is 20.1 Å². The van der Waals surface area contributed by atoms with E-state index in [1.807, 2.05) is 0 Å². The van der Waals surface area contributed by atoms with Crippen LogP contribution in [0, 0.1) is 0 Å². The van der Waals surface area contributed by atoms with Gasteiger partial charge in [-0.05, 0) is 6.08 Å². The third kappa shape index (κ3) is 2.66. The van der Waals surface area contributed by atoms with Crippen LogP contribution in [0.25, 0.3) is 0 Å². The molecule has 0 aliphatic heterocycles. The van der Waals surface area contributed by atoms with Crippen LogP contribution in [0.2, 0.25) is 0 Å². The van der Waals surface area contributed by atoms with Crippen LogP contribution in [0.1, 0.15) is 6.92 Å². The van der Waals surface area contributed by atoms with Crippen molar-refractivity contribution in [2.45, 2.75) is 25.2 Å². The molecule has 1 aliphatic carbocycles. The van der Waals surface area contributed by atoms with E-state index in [0.717, 1.165) is 0 Å². The highest BCUT2D eigenvalue weighted by Gasteiger charge is 2.37. The number of hydrogen-bond donors (Lipinski definition) is 2. The summed E-state index contributed by atoms with van der Waals surface area (Å²) in [5.41, 5.74) is 0.125. The Bertz CT molecular complexity index is 321. The van der Waals surface area contributed by atoms with Crippen molar-refractivity contribution < 1.29 is 29.3 Å². The molecule has 0 radical (unpaired) electrons. The van der Waals surface area contributed by atoms with Crippen LogP contribution >= 0.6 is 0 Å². The molecule has 0 saturated heterocycles. The lowest BCUT2D eigenvalue weighted by Crippen LogP contribution is -2.47. The van der Waals surface area contributed by atoms with E-state index in [1.54, 1.807) is 0 Å². The summed E-state index contributed by atoms with van der Waals surface area (Å²) in [5.74, 6) is -1.18. The normalized spacial score (nSPS) is 29.9. The topological polar surface area (TPSA) is 93.1 Å². The Hall–Kier alpha value is -1.24. The highest BCUT2D eigenvalue weighted by atomic mass is 16.5. The summed E-state index contributed by atoms with van der Waals surface area (Å²) in [6.07, 6.45) is -2.26. The molecule has 6 heteroatoms. The fourth-order valence-electron chi connectivity index (χ4n) is 1.41. The summed E-state index contributed by atoms with van der Waals surface area (Å²) in [7, 11) is 1.34. The van der Waals surface area contributed by atoms with Crippen LogP contribution < -0.4 is 0 Å². The van der Waals surface area contributed by atoms with Crippen molar-refractivity contribution in [3.05, 3.63) is 11.6 Å². The number of hydrogen-bond acceptors (Lipinski definition) is 6. The van der Waals surface area contributed by atoms with Gasteiger partial charge in [0.2, 0.25) is 0 Å². The SMILES string of the molecule is CO[C@@H]1C=C(COC(C)=O)C(=O)[C@H](O)[C@H]1O. The molecular formula is C10H14O6. The first kappa shape index (κ1) is 12.8. The van der Waals surface area contributed by atoms with Gasteiger partial charge in [-0.1, -0.05) is 0 Å². The molecule has 0 unspecified atom stereocenters. The second-order valence-electron chi connectivity index (χ2n) is 3.47. The highest BCUT2D eigenvalue weighted by molar-refractivity contribution is 6.00. The zero-order valence-corrected chi connectivity index (χ0v) is 9.04. The number of rotatable bonds is 3. The Morgan fingerprint density at radius 1 is 1.50 bits per heavy atom. The van der Waals surface area contributed by atoms with Crippen molar-refractivity contribution >= 4 is 11.8 Å². The number of methoxy groups -OCH3 is 1. The fourth-order valence-corrected chi connectivity index (χ4v) is 1.41. The van der Waals surface area contributed by atoms with Crippen molar-refractivity contribution in [3.8, 4) is 0 Å². The van der Waals surface area contributed by atoms with Crippen molar-refractivity contribution in [1.29, 1.82) is 0 Å². The molecule has 0 fully saturated rings. The van der Waals surface area contributed by atoms with E-state index in [4.69, 9.17) is 4.74 Å². The van der Waals surface area contributed by atoms with Crippen molar-refractivity contribution in [3.63, 3.8) is 0 Å². The van der Waals surface area contributed by atoms with Crippen LogP contribution in [0.5, 0.6) is 0 Å². The van der Waals surface area contributed by atoms with Crippen LogP contribution in [-0.2, 0) is 19.1 Å². The van der Waals surface area contributed by atoms with E-state index in [-0.39, 0.29) is 12.2 Å². The molecule has 0 saturated carbocycles. The summed E-state index contributed by atoms with van der Waals surface area (Å²) in [5, 5.41) is 18.9. The monoisotopic (exact) mass is 230 g/mol. The molecular weight excluding hydrogens is 216 g/mol. The van der Waals surface area contributed by atoms with E-state index in [9.17, 15) is 19.8 Å². The first-order valence-corrected chi connectivity index (χ1v) is 4.74. The van der Waals surface area contributed by atoms with Crippen LogP contribution in [-0.4, -0.2) is 54.0 Å². The standard InChI is InChI=1S/C10H14O6/c1-5(11)16-4-6-3-7(15-2)9(13)10(14)8(6)12/h3,7,9-10,13-14H,4H2,1-2H3/t7-,9+,10+/m1/s1. The Morgan fingerprint density at radius 3 is 2.62 bits per heavy atom. The Morgan fingerprint density at radius 2 is 2.12 bits per heavy atom. The van der Waals surface area contributed by atoms with Crippen LogP contribution in [0.4, 0.5) is 0 Å². The van der Waals surface area contributed by atoms with Gasteiger partial charge >= 0.3 is 5.97 Å². The number of aliphatic hydroxyl groups excluding tert-OH is 2. The summed E-state index contributed by atoms with van der Waals surface area (Å²) >= 11 is 0. The smallest absolute Gasteiger partial charge is 0.302 e. The summed E-state index contributed by atoms with van der Waals surface area (Å²) < 4.78 is 9.53. The number of ether oxygens (including phenoxy) is 2. The molecule has 3 atom stereocenters. The van der Waals surface area contributed by atoms with E-state index in [0.29, 0.717) is 0 Å². The third-order valence-corrected chi connectivity index (χ3v) is 2.31. The lowest BCUT2D eigenvalue weighted by atomic mass is 9.91. The Labute approximate surface area is 92.5 Å². The minimum atomic E-state index is -1.54. The summed E-state index contributed by atoms with van der Waals surface area (Å²) in [6, 6.07) is 0. The summed E-state index contributed by atoms with van der Waals surface area (Å²) in [6.45, 7) is 0.991. The number of aliphatic hydroxyl groups is 2. The van der Waals surface area contributed by atoms with Gasteiger partial charge in [-0.15, -0.1) is 0 Å². The molecule has 0 aromatic heterocycles. The fraction of sp³-hybridized carbons (Fsp3) is 0.600. The van der Waals surface area contributed by atoms with Crippen molar-refractivity contribution in [1.82, 2.24) is 0 Å². The van der Waals surface area contributed by atoms with Gasteiger partial charge in [0.1, 0.15) is 24.9 Å². The molecule has 0 amide bonds.